The van der Waals surface area contributed by atoms with E-state index in [2.05, 4.69) is 6.33 Å². The van der Waals surface area contributed by atoms with E-state index in [1.54, 1.807) is 86.5 Å². The van der Waals surface area contributed by atoms with Crippen LogP contribution in [-0.2, 0) is 10.8 Å². The molecular formula is C77H66N4O. The Morgan fingerprint density at radius 3 is 1.80 bits per heavy atom. The van der Waals surface area contributed by atoms with Crippen molar-refractivity contribution in [3.8, 4) is 84.3 Å². The van der Waals surface area contributed by atoms with Gasteiger partial charge >= 0.3 is 0 Å². The van der Waals surface area contributed by atoms with Crippen LogP contribution in [0.3, 0.4) is 0 Å². The molecule has 10 aromatic carbocycles. The number of hydrogen-bond acceptors (Lipinski definition) is 2. The first-order chi connectivity index (χ1) is 50.8. The zero-order valence-corrected chi connectivity index (χ0v) is 45.3. The summed E-state index contributed by atoms with van der Waals surface area (Å²) in [5.74, 6) is 0.557. The molecule has 0 unspecified atom stereocenters. The van der Waals surface area contributed by atoms with E-state index < -0.39 is 162 Å². The van der Waals surface area contributed by atoms with Crippen LogP contribution in [0, 0.1) is 26.9 Å². The second-order valence-electron chi connectivity index (χ2n) is 21.8. The topological polar surface area (TPSA) is 35.9 Å². The van der Waals surface area contributed by atoms with Crippen molar-refractivity contribution >= 4 is 32.8 Å². The van der Waals surface area contributed by atoms with Crippen molar-refractivity contribution in [3.63, 3.8) is 0 Å². The van der Waals surface area contributed by atoms with Crippen molar-refractivity contribution in [2.45, 2.75) is 72.9 Å². The SMILES string of the molecule is [2H]c1c([2H])c([2H])c(-c2cnc(-n3c4ccccc4c4ccc(Oc5cccc(-n6[c-][n+](-c7c(-c8c([2H])c(-c9c([2H])c([2H])c([2H])c([2H])c9[2H])c([2H])c(-c9c([2H])c([2H])c([2H])c([2H])c9[2H])c8[2H])cc(C(C)(C)C)cc7C(C)(C)C)c7ccc(-c8c(C([2H])([2H])[2H])cccc8C([2H])([2H])[2H])cc76)c5)cc43)cc2C([2H])([2H])[2H])c([2H])c1[2H]. The zero-order chi connectivity index (χ0) is 79.6. The van der Waals surface area contributed by atoms with Crippen molar-refractivity contribution in [1.29, 1.82) is 0 Å². The highest BCUT2D eigenvalue weighted by Gasteiger charge is 2.29. The lowest BCUT2D eigenvalue weighted by atomic mass is 9.77. The molecule has 0 fully saturated rings. The van der Waals surface area contributed by atoms with Crippen LogP contribution in [0.2, 0.25) is 0 Å². The number of aromatic nitrogens is 4. The first kappa shape index (κ1) is 29.8. The minimum atomic E-state index is -2.89. The fourth-order valence-corrected chi connectivity index (χ4v) is 10.4. The van der Waals surface area contributed by atoms with Crippen molar-refractivity contribution in [3.05, 3.63) is 270 Å². The Labute approximate surface area is 520 Å². The van der Waals surface area contributed by atoms with Crippen molar-refractivity contribution < 1.29 is 46.3 Å². The average Bonchev–Trinajstić information content (AvgIpc) is 1.67. The number of hydrogen-bond donors (Lipinski definition) is 0. The molecule has 13 aromatic rings. The molecule has 0 aliphatic carbocycles. The largest absolute Gasteiger partial charge is 0.458 e. The molecule has 3 heterocycles. The summed E-state index contributed by atoms with van der Waals surface area (Å²) < 4.78 is 253. The Balaban J connectivity index is 1.09. The fourth-order valence-electron chi connectivity index (χ4n) is 10.4. The van der Waals surface area contributed by atoms with Gasteiger partial charge < -0.3 is 4.74 Å². The summed E-state index contributed by atoms with van der Waals surface area (Å²) in [4.78, 5) is 4.71. The number of imidazole rings is 1. The third-order valence-electron chi connectivity index (χ3n) is 14.4. The van der Waals surface area contributed by atoms with Gasteiger partial charge in [-0.15, -0.1) is 0 Å². The lowest BCUT2D eigenvalue weighted by Crippen LogP contribution is -2.35. The van der Waals surface area contributed by atoms with Gasteiger partial charge in [0.05, 0.1) is 58.1 Å². The summed E-state index contributed by atoms with van der Waals surface area (Å²) in [5.41, 5.74) is -2.79. The molecule has 3 aromatic heterocycles. The van der Waals surface area contributed by atoms with Crippen LogP contribution < -0.4 is 9.30 Å². The van der Waals surface area contributed by atoms with Gasteiger partial charge in [0.1, 0.15) is 17.3 Å². The number of benzene rings is 10. The quantitative estimate of drug-likeness (QED) is 0.101. The Morgan fingerprint density at radius 1 is 0.500 bits per heavy atom. The molecule has 5 nitrogen and oxygen atoms in total. The van der Waals surface area contributed by atoms with Crippen LogP contribution in [0.25, 0.3) is 106 Å². The van der Waals surface area contributed by atoms with Gasteiger partial charge in [-0.05, 0) is 176 Å². The van der Waals surface area contributed by atoms with Gasteiger partial charge in [-0.3, -0.25) is 13.7 Å². The van der Waals surface area contributed by atoms with Gasteiger partial charge in [0, 0.05) is 40.9 Å². The molecule has 13 rings (SSSR count). The summed E-state index contributed by atoms with van der Waals surface area (Å²) >= 11 is 0. The second-order valence-corrected chi connectivity index (χ2v) is 21.8. The molecule has 0 atom stereocenters. The van der Waals surface area contributed by atoms with Gasteiger partial charge in [-0.1, -0.05) is 199 Å². The molecule has 0 spiro atoms. The number of aryl methyl sites for hydroxylation is 3. The molecule has 0 bridgehead atoms. The van der Waals surface area contributed by atoms with Crippen LogP contribution >= 0.6 is 0 Å². The molecule has 0 saturated carbocycles. The predicted octanol–water partition coefficient (Wildman–Crippen LogP) is 19.8. The lowest BCUT2D eigenvalue weighted by Gasteiger charge is -2.30. The number of rotatable bonds is 10. The minimum absolute atomic E-state index is 0.0242. The molecule has 0 amide bonds. The number of nitrogens with zero attached hydrogens (tertiary/aromatic N) is 4. The lowest BCUT2D eigenvalue weighted by molar-refractivity contribution is -0.572. The summed E-state index contributed by atoms with van der Waals surface area (Å²) in [5, 5.41) is 1.42. The minimum Gasteiger partial charge on any atom is -0.458 e. The maximum absolute atomic E-state index is 10.4. The first-order valence-electron chi connectivity index (χ1n) is 39.8. The molecule has 0 radical (unpaired) electrons. The molecule has 0 saturated heterocycles. The van der Waals surface area contributed by atoms with Crippen molar-refractivity contribution in [2.24, 2.45) is 0 Å². The summed E-state index contributed by atoms with van der Waals surface area (Å²) in [6, 6.07) is 19.1. The van der Waals surface area contributed by atoms with Gasteiger partial charge in [-0.25, -0.2) is 4.98 Å². The highest BCUT2D eigenvalue weighted by atomic mass is 16.5. The monoisotopic (exact) mass is 1090 g/mol. The van der Waals surface area contributed by atoms with E-state index >= 15 is 0 Å². The third kappa shape index (κ3) is 9.56. The number of ether oxygens (including phenoxy) is 1. The number of fused-ring (bicyclic) bond motifs is 4. The maximum Gasteiger partial charge on any atom is 0.269 e. The predicted molar refractivity (Wildman–Crippen MR) is 341 cm³/mol. The van der Waals surface area contributed by atoms with Gasteiger partial charge in [0.25, 0.3) is 6.33 Å². The Morgan fingerprint density at radius 2 is 1.13 bits per heavy atom. The number of para-hydroxylation sites is 1. The summed E-state index contributed by atoms with van der Waals surface area (Å²) in [7, 11) is 0. The van der Waals surface area contributed by atoms with E-state index in [1.807, 2.05) is 65.8 Å². The highest BCUT2D eigenvalue weighted by Crippen LogP contribution is 2.43. The average molecular weight is 1090 g/mol. The Bertz CT molecular complexity index is 5840. The highest BCUT2D eigenvalue weighted by molar-refractivity contribution is 6.09. The van der Waals surface area contributed by atoms with Crippen molar-refractivity contribution in [2.75, 3.05) is 0 Å². The standard InChI is InChI=1S/C77H66N4O/c1-50-23-21-24-51(2)74(50)56-35-38-70-72(43-56)79(49-80(70)75-66(44-60(76(4,5)6)45-68(75)77(7,8)9)59-41-57(53-25-13-10-14-26-53)40-58(42-59)54-27-15-11-16-28-54)61-31-22-32-62(46-61)82-63-36-37-65-64-33-19-20-34-69(64)81(71(65)47-63)73-39-52(3)67(48-78-73)55-29-17-12-18-30-55/h10-48H,1-9H3/i1D3,2D3,3D3,10D,11D,12D,13D,14D,15D,16D,17D,18D,25D,26D,27D,28D,29D,30D,40D,41D,42D. The van der Waals surface area contributed by atoms with Gasteiger partial charge in [-0.2, -0.15) is 0 Å². The van der Waals surface area contributed by atoms with Gasteiger partial charge in [0.2, 0.25) is 0 Å². The third-order valence-corrected chi connectivity index (χ3v) is 14.4. The van der Waals surface area contributed by atoms with E-state index in [9.17, 15) is 9.60 Å². The van der Waals surface area contributed by atoms with Crippen LogP contribution in [0.5, 0.6) is 11.5 Å². The molecular weight excluding hydrogens is 997 g/mol. The number of pyridine rings is 1. The molecule has 0 N–H and O–H groups in total. The van der Waals surface area contributed by atoms with E-state index in [-0.39, 0.29) is 84.1 Å². The molecule has 82 heavy (non-hydrogen) atoms. The maximum atomic E-state index is 10.4. The molecule has 400 valence electrons. The van der Waals surface area contributed by atoms with E-state index in [0.29, 0.717) is 33.2 Å². The van der Waals surface area contributed by atoms with E-state index in [4.69, 9.17) is 37.1 Å². The van der Waals surface area contributed by atoms with Crippen LogP contribution in [-0.4, -0.2) is 14.1 Å². The fraction of sp³-hybridized carbons (Fsp3) is 0.143. The van der Waals surface area contributed by atoms with Crippen LogP contribution in [0.1, 0.15) is 106 Å². The summed E-state index contributed by atoms with van der Waals surface area (Å²) in [6.45, 7) is 2.86. The van der Waals surface area contributed by atoms with E-state index in [1.165, 1.54) is 30.5 Å². The normalized spacial score (nSPS) is 17.1. The molecule has 5 heteroatoms. The van der Waals surface area contributed by atoms with Gasteiger partial charge in [0.15, 0.2) is 0 Å². The Kier molecular flexibility index (Phi) is 7.44. The van der Waals surface area contributed by atoms with E-state index in [0.717, 1.165) is 5.39 Å². The van der Waals surface area contributed by atoms with Crippen LogP contribution in [0.4, 0.5) is 0 Å². The smallest absolute Gasteiger partial charge is 0.269 e. The molecule has 0 aliphatic rings. The second kappa shape index (κ2) is 20.5. The first-order valence-corrected chi connectivity index (χ1v) is 26.3. The summed E-state index contributed by atoms with van der Waals surface area (Å²) in [6.07, 6.45) is 4.71. The Hall–Kier alpha value is -9.58. The molecule has 0 aliphatic heterocycles. The van der Waals surface area contributed by atoms with Crippen molar-refractivity contribution in [1.82, 2.24) is 14.1 Å². The van der Waals surface area contributed by atoms with Crippen LogP contribution in [0.15, 0.2) is 236 Å². The zero-order valence-electron chi connectivity index (χ0n) is 72.3.